The number of hydrogen-bond acceptors (Lipinski definition) is 5. The van der Waals surface area contributed by atoms with Gasteiger partial charge in [-0.25, -0.2) is 9.37 Å². The number of carbonyl (C=O) groups is 1. The SMILES string of the molecule is NCC#Cc1cc(F)ccc1C(=O)Nc1nccnn1. The molecule has 0 aliphatic heterocycles. The lowest BCUT2D eigenvalue weighted by Gasteiger charge is -2.05. The predicted molar refractivity (Wildman–Crippen MR) is 70.1 cm³/mol. The molecule has 1 aromatic heterocycles. The first kappa shape index (κ1) is 13.6. The zero-order valence-electron chi connectivity index (χ0n) is 10.3. The van der Waals surface area contributed by atoms with Crippen molar-refractivity contribution in [3.8, 4) is 11.8 Å². The highest BCUT2D eigenvalue weighted by molar-refractivity contribution is 6.05. The standard InChI is InChI=1S/C13H10FN5O/c14-10-3-4-11(9(8-10)2-1-5-15)12(20)18-13-16-6-7-17-19-13/h3-4,6-8H,5,15H2,(H,16,18,19,20). The molecule has 0 saturated heterocycles. The van der Waals surface area contributed by atoms with Gasteiger partial charge in [-0.15, -0.1) is 5.10 Å². The van der Waals surface area contributed by atoms with Crippen LogP contribution in [0.15, 0.2) is 30.6 Å². The minimum atomic E-state index is -0.501. The molecule has 2 aromatic rings. The van der Waals surface area contributed by atoms with E-state index in [1.165, 1.54) is 30.6 Å². The summed E-state index contributed by atoms with van der Waals surface area (Å²) in [6.07, 6.45) is 2.77. The molecule has 1 amide bonds. The Balaban J connectivity index is 2.30. The summed E-state index contributed by atoms with van der Waals surface area (Å²) >= 11 is 0. The Hall–Kier alpha value is -2.85. The average Bonchev–Trinajstić information content (AvgIpc) is 2.46. The first-order chi connectivity index (χ1) is 9.70. The van der Waals surface area contributed by atoms with Gasteiger partial charge in [-0.1, -0.05) is 11.8 Å². The van der Waals surface area contributed by atoms with E-state index in [9.17, 15) is 9.18 Å². The number of benzene rings is 1. The number of aromatic nitrogens is 3. The summed E-state index contributed by atoms with van der Waals surface area (Å²) < 4.78 is 13.2. The number of rotatable bonds is 2. The molecule has 0 unspecified atom stereocenters. The van der Waals surface area contributed by atoms with Crippen molar-refractivity contribution in [2.24, 2.45) is 5.73 Å². The number of amides is 1. The topological polar surface area (TPSA) is 93.8 Å². The third-order valence-corrected chi connectivity index (χ3v) is 2.26. The van der Waals surface area contributed by atoms with E-state index < -0.39 is 11.7 Å². The fraction of sp³-hybridized carbons (Fsp3) is 0.0769. The van der Waals surface area contributed by atoms with Crippen molar-refractivity contribution in [3.05, 3.63) is 47.5 Å². The van der Waals surface area contributed by atoms with E-state index in [1.54, 1.807) is 0 Å². The maximum Gasteiger partial charge on any atom is 0.259 e. The summed E-state index contributed by atoms with van der Waals surface area (Å²) in [5.74, 6) is 4.30. The molecule has 0 radical (unpaired) electrons. The Kier molecular flexibility index (Phi) is 4.32. The van der Waals surface area contributed by atoms with Gasteiger partial charge in [-0.05, 0) is 18.2 Å². The summed E-state index contributed by atoms with van der Waals surface area (Å²) in [6, 6.07) is 3.68. The first-order valence-corrected chi connectivity index (χ1v) is 5.64. The molecule has 20 heavy (non-hydrogen) atoms. The molecule has 0 atom stereocenters. The number of nitrogens with zero attached hydrogens (tertiary/aromatic N) is 3. The molecule has 3 N–H and O–H groups in total. The maximum atomic E-state index is 13.2. The number of halogens is 1. The van der Waals surface area contributed by atoms with E-state index in [0.717, 1.165) is 0 Å². The highest BCUT2D eigenvalue weighted by atomic mass is 19.1. The molecule has 0 aliphatic carbocycles. The minimum absolute atomic E-state index is 0.0551. The van der Waals surface area contributed by atoms with Crippen molar-refractivity contribution >= 4 is 11.9 Å². The second kappa shape index (κ2) is 6.36. The van der Waals surface area contributed by atoms with Crippen LogP contribution in [0.25, 0.3) is 0 Å². The van der Waals surface area contributed by atoms with E-state index >= 15 is 0 Å². The normalized spacial score (nSPS) is 9.50. The summed E-state index contributed by atoms with van der Waals surface area (Å²) in [5.41, 5.74) is 5.72. The Bertz CT molecular complexity index is 678. The van der Waals surface area contributed by atoms with E-state index in [0.29, 0.717) is 0 Å². The van der Waals surface area contributed by atoms with Crippen LogP contribution in [0, 0.1) is 17.7 Å². The summed E-state index contributed by atoms with van der Waals surface area (Å²) in [6.45, 7) is 0.114. The Morgan fingerprint density at radius 1 is 1.40 bits per heavy atom. The van der Waals surface area contributed by atoms with Gasteiger partial charge < -0.3 is 5.73 Å². The molecule has 0 aliphatic rings. The second-order valence-corrected chi connectivity index (χ2v) is 3.62. The molecule has 0 saturated carbocycles. The molecular formula is C13H10FN5O. The van der Waals surface area contributed by atoms with Gasteiger partial charge in [-0.3, -0.25) is 10.1 Å². The van der Waals surface area contributed by atoms with Gasteiger partial charge in [0.15, 0.2) is 0 Å². The summed E-state index contributed by atoms with van der Waals surface area (Å²) in [7, 11) is 0. The van der Waals surface area contributed by atoms with Crippen LogP contribution in [0.2, 0.25) is 0 Å². The zero-order chi connectivity index (χ0) is 14.4. The van der Waals surface area contributed by atoms with Crippen molar-refractivity contribution in [3.63, 3.8) is 0 Å². The number of hydrogen-bond donors (Lipinski definition) is 2. The van der Waals surface area contributed by atoms with Gasteiger partial charge >= 0.3 is 0 Å². The van der Waals surface area contributed by atoms with Gasteiger partial charge in [0, 0.05) is 5.56 Å². The van der Waals surface area contributed by atoms with Crippen molar-refractivity contribution in [1.82, 2.24) is 15.2 Å². The maximum absolute atomic E-state index is 13.2. The Morgan fingerprint density at radius 3 is 2.95 bits per heavy atom. The van der Waals surface area contributed by atoms with Crippen molar-refractivity contribution in [1.29, 1.82) is 0 Å². The van der Waals surface area contributed by atoms with E-state index in [-0.39, 0.29) is 23.6 Å². The van der Waals surface area contributed by atoms with Crippen LogP contribution in [0.3, 0.4) is 0 Å². The fourth-order valence-electron chi connectivity index (χ4n) is 1.44. The van der Waals surface area contributed by atoms with Crippen LogP contribution in [-0.2, 0) is 0 Å². The Morgan fingerprint density at radius 2 is 2.25 bits per heavy atom. The quantitative estimate of drug-likeness (QED) is 0.779. The number of nitrogens with two attached hydrogens (primary N) is 1. The van der Waals surface area contributed by atoms with Gasteiger partial charge in [0.1, 0.15) is 5.82 Å². The fourth-order valence-corrected chi connectivity index (χ4v) is 1.44. The lowest BCUT2D eigenvalue weighted by molar-refractivity contribution is 0.102. The van der Waals surface area contributed by atoms with Crippen LogP contribution in [0.4, 0.5) is 10.3 Å². The van der Waals surface area contributed by atoms with Crippen molar-refractivity contribution in [2.45, 2.75) is 0 Å². The third-order valence-electron chi connectivity index (χ3n) is 2.26. The van der Waals surface area contributed by atoms with Crippen molar-refractivity contribution < 1.29 is 9.18 Å². The third kappa shape index (κ3) is 3.34. The zero-order valence-corrected chi connectivity index (χ0v) is 10.3. The average molecular weight is 271 g/mol. The van der Waals surface area contributed by atoms with Crippen LogP contribution in [0.1, 0.15) is 15.9 Å². The van der Waals surface area contributed by atoms with Gasteiger partial charge in [0.05, 0.1) is 24.5 Å². The monoisotopic (exact) mass is 271 g/mol. The van der Waals surface area contributed by atoms with Crippen molar-refractivity contribution in [2.75, 3.05) is 11.9 Å². The van der Waals surface area contributed by atoms with Crippen LogP contribution < -0.4 is 11.1 Å². The first-order valence-electron chi connectivity index (χ1n) is 5.64. The molecule has 0 spiro atoms. The molecule has 1 heterocycles. The summed E-state index contributed by atoms with van der Waals surface area (Å²) in [5, 5.41) is 9.67. The van der Waals surface area contributed by atoms with Gasteiger partial charge in [0.25, 0.3) is 5.91 Å². The molecule has 7 heteroatoms. The van der Waals surface area contributed by atoms with E-state index in [4.69, 9.17) is 5.73 Å². The van der Waals surface area contributed by atoms with Crippen LogP contribution >= 0.6 is 0 Å². The number of anilines is 1. The smallest absolute Gasteiger partial charge is 0.259 e. The molecule has 1 aromatic carbocycles. The predicted octanol–water partition coefficient (Wildman–Crippen LogP) is 0.573. The molecule has 0 bridgehead atoms. The number of nitrogens with one attached hydrogen (secondary N) is 1. The molecule has 100 valence electrons. The highest BCUT2D eigenvalue weighted by Gasteiger charge is 2.12. The van der Waals surface area contributed by atoms with Gasteiger partial charge in [-0.2, -0.15) is 5.10 Å². The van der Waals surface area contributed by atoms with E-state index in [1.807, 2.05) is 0 Å². The largest absolute Gasteiger partial charge is 0.320 e. The van der Waals surface area contributed by atoms with Crippen LogP contribution in [-0.4, -0.2) is 27.6 Å². The lowest BCUT2D eigenvalue weighted by atomic mass is 10.1. The van der Waals surface area contributed by atoms with Gasteiger partial charge in [0.2, 0.25) is 5.95 Å². The minimum Gasteiger partial charge on any atom is -0.320 e. The molecular weight excluding hydrogens is 261 g/mol. The van der Waals surface area contributed by atoms with E-state index in [2.05, 4.69) is 32.3 Å². The molecule has 6 nitrogen and oxygen atoms in total. The lowest BCUT2D eigenvalue weighted by Crippen LogP contribution is -2.16. The Labute approximate surface area is 114 Å². The highest BCUT2D eigenvalue weighted by Crippen LogP contribution is 2.12. The number of carbonyl (C=O) groups excluding carboxylic acids is 1. The van der Waals surface area contributed by atoms with Crippen LogP contribution in [0.5, 0.6) is 0 Å². The molecule has 2 rings (SSSR count). The molecule has 0 fully saturated rings. The second-order valence-electron chi connectivity index (χ2n) is 3.62. The summed E-state index contributed by atoms with van der Waals surface area (Å²) in [4.78, 5) is 15.9.